The van der Waals surface area contributed by atoms with Crippen molar-refractivity contribution in [3.63, 3.8) is 0 Å². The topological polar surface area (TPSA) is 29.1 Å². The fraction of sp³-hybridized carbons (Fsp3) is 0.462. The third kappa shape index (κ3) is 3.34. The molecule has 0 heterocycles. The predicted octanol–water partition coefficient (Wildman–Crippen LogP) is 3.43. The molecule has 1 aromatic carbocycles. The third-order valence-electron chi connectivity index (χ3n) is 2.92. The van der Waals surface area contributed by atoms with Crippen LogP contribution < -0.4 is 5.32 Å². The highest BCUT2D eigenvalue weighted by Gasteiger charge is 2.24. The molecule has 0 aromatic heterocycles. The molecule has 0 unspecified atom stereocenters. The molecule has 1 aromatic rings. The van der Waals surface area contributed by atoms with Gasteiger partial charge in [-0.05, 0) is 43.4 Å². The SMILES string of the molecule is C[C@H](NC(=O)CC1CC1)c1ccc(Br)cc1. The molecule has 1 saturated carbocycles. The summed E-state index contributed by atoms with van der Waals surface area (Å²) < 4.78 is 1.06. The average molecular weight is 282 g/mol. The van der Waals surface area contributed by atoms with Gasteiger partial charge >= 0.3 is 0 Å². The van der Waals surface area contributed by atoms with Crippen LogP contribution in [0.15, 0.2) is 28.7 Å². The lowest BCUT2D eigenvalue weighted by Gasteiger charge is -2.14. The van der Waals surface area contributed by atoms with Crippen molar-refractivity contribution in [2.45, 2.75) is 32.2 Å². The van der Waals surface area contributed by atoms with Gasteiger partial charge in [-0.3, -0.25) is 4.79 Å². The van der Waals surface area contributed by atoms with Gasteiger partial charge in [0.25, 0.3) is 0 Å². The van der Waals surface area contributed by atoms with Crippen LogP contribution in [0.25, 0.3) is 0 Å². The fourth-order valence-corrected chi connectivity index (χ4v) is 1.98. The minimum Gasteiger partial charge on any atom is -0.350 e. The first-order valence-corrected chi connectivity index (χ1v) is 6.49. The zero-order valence-corrected chi connectivity index (χ0v) is 11.0. The molecule has 1 N–H and O–H groups in total. The summed E-state index contributed by atoms with van der Waals surface area (Å²) in [6.45, 7) is 2.02. The number of amides is 1. The predicted molar refractivity (Wildman–Crippen MR) is 68.0 cm³/mol. The van der Waals surface area contributed by atoms with E-state index in [9.17, 15) is 4.79 Å². The summed E-state index contributed by atoms with van der Waals surface area (Å²) in [7, 11) is 0. The van der Waals surface area contributed by atoms with Crippen molar-refractivity contribution in [1.29, 1.82) is 0 Å². The van der Waals surface area contributed by atoms with Crippen LogP contribution in [0.5, 0.6) is 0 Å². The summed E-state index contributed by atoms with van der Waals surface area (Å²) in [5, 5.41) is 3.03. The van der Waals surface area contributed by atoms with Crippen LogP contribution in [-0.2, 0) is 4.79 Å². The monoisotopic (exact) mass is 281 g/mol. The number of rotatable bonds is 4. The fourth-order valence-electron chi connectivity index (χ4n) is 1.72. The Kier molecular flexibility index (Phi) is 3.64. The first-order chi connectivity index (χ1) is 7.65. The third-order valence-corrected chi connectivity index (χ3v) is 3.45. The van der Waals surface area contributed by atoms with E-state index in [1.54, 1.807) is 0 Å². The molecule has 0 aliphatic heterocycles. The lowest BCUT2D eigenvalue weighted by Crippen LogP contribution is -2.26. The summed E-state index contributed by atoms with van der Waals surface area (Å²) >= 11 is 3.40. The summed E-state index contributed by atoms with van der Waals surface area (Å²) in [5.74, 6) is 0.829. The smallest absolute Gasteiger partial charge is 0.220 e. The molecule has 1 atom stereocenters. The Bertz CT molecular complexity index is 370. The highest BCUT2D eigenvalue weighted by Crippen LogP contribution is 2.32. The highest BCUT2D eigenvalue weighted by molar-refractivity contribution is 9.10. The van der Waals surface area contributed by atoms with E-state index in [4.69, 9.17) is 0 Å². The van der Waals surface area contributed by atoms with Crippen LogP contribution >= 0.6 is 15.9 Å². The molecule has 0 saturated heterocycles. The molecule has 1 aliphatic carbocycles. The van der Waals surface area contributed by atoms with Crippen molar-refractivity contribution < 1.29 is 4.79 Å². The van der Waals surface area contributed by atoms with Gasteiger partial charge in [-0.15, -0.1) is 0 Å². The molecular weight excluding hydrogens is 266 g/mol. The second-order valence-corrected chi connectivity index (χ2v) is 5.40. The van der Waals surface area contributed by atoms with Gasteiger partial charge in [-0.2, -0.15) is 0 Å². The molecule has 1 amide bonds. The Morgan fingerprint density at radius 2 is 2.06 bits per heavy atom. The number of hydrogen-bond acceptors (Lipinski definition) is 1. The van der Waals surface area contributed by atoms with Crippen molar-refractivity contribution in [3.05, 3.63) is 34.3 Å². The minimum absolute atomic E-state index is 0.0966. The Balaban J connectivity index is 1.88. The zero-order chi connectivity index (χ0) is 11.5. The quantitative estimate of drug-likeness (QED) is 0.900. The second-order valence-electron chi connectivity index (χ2n) is 4.49. The molecule has 2 rings (SSSR count). The number of benzene rings is 1. The Morgan fingerprint density at radius 1 is 1.44 bits per heavy atom. The highest BCUT2D eigenvalue weighted by atomic mass is 79.9. The van der Waals surface area contributed by atoms with Crippen LogP contribution in [0, 0.1) is 5.92 Å². The van der Waals surface area contributed by atoms with Crippen LogP contribution in [0.1, 0.15) is 37.8 Å². The normalized spacial score (nSPS) is 16.9. The van der Waals surface area contributed by atoms with E-state index in [0.717, 1.165) is 10.0 Å². The molecular formula is C13H16BrNO. The van der Waals surface area contributed by atoms with Crippen molar-refractivity contribution in [1.82, 2.24) is 5.32 Å². The maximum Gasteiger partial charge on any atom is 0.220 e. The van der Waals surface area contributed by atoms with Gasteiger partial charge in [0.05, 0.1) is 6.04 Å². The first kappa shape index (κ1) is 11.6. The van der Waals surface area contributed by atoms with Crippen molar-refractivity contribution in [2.75, 3.05) is 0 Å². The largest absolute Gasteiger partial charge is 0.350 e. The number of carbonyl (C=O) groups is 1. The minimum atomic E-state index is 0.0966. The van der Waals surface area contributed by atoms with E-state index in [1.165, 1.54) is 12.8 Å². The number of nitrogens with one attached hydrogen (secondary N) is 1. The number of hydrogen-bond donors (Lipinski definition) is 1. The standard InChI is InChI=1S/C13H16BrNO/c1-9(11-4-6-12(14)7-5-11)15-13(16)8-10-2-3-10/h4-7,9-10H,2-3,8H2,1H3,(H,15,16)/t9-/m0/s1. The second kappa shape index (κ2) is 5.00. The van der Waals surface area contributed by atoms with Crippen molar-refractivity contribution in [3.8, 4) is 0 Å². The summed E-state index contributed by atoms with van der Waals surface area (Å²) in [6, 6.07) is 8.16. The molecule has 1 fully saturated rings. The van der Waals surface area contributed by atoms with Gasteiger partial charge in [0.2, 0.25) is 5.91 Å². The summed E-state index contributed by atoms with van der Waals surface area (Å²) in [6.07, 6.45) is 3.14. The van der Waals surface area contributed by atoms with Crippen LogP contribution in [0.2, 0.25) is 0 Å². The molecule has 0 bridgehead atoms. The maximum atomic E-state index is 11.6. The first-order valence-electron chi connectivity index (χ1n) is 5.70. The summed E-state index contributed by atoms with van der Waals surface area (Å²) in [4.78, 5) is 11.6. The van der Waals surface area contributed by atoms with Gasteiger partial charge in [0.1, 0.15) is 0 Å². The van der Waals surface area contributed by atoms with Crippen LogP contribution in [0.3, 0.4) is 0 Å². The molecule has 3 heteroatoms. The van der Waals surface area contributed by atoms with Gasteiger partial charge in [-0.25, -0.2) is 0 Å². The molecule has 86 valence electrons. The molecule has 0 radical (unpaired) electrons. The Hall–Kier alpha value is -0.830. The molecule has 1 aliphatic rings. The summed E-state index contributed by atoms with van der Waals surface area (Å²) in [5.41, 5.74) is 1.15. The van der Waals surface area contributed by atoms with Crippen molar-refractivity contribution >= 4 is 21.8 Å². The van der Waals surface area contributed by atoms with E-state index in [2.05, 4.69) is 21.2 Å². The van der Waals surface area contributed by atoms with E-state index >= 15 is 0 Å². The lowest BCUT2D eigenvalue weighted by molar-refractivity contribution is -0.122. The van der Waals surface area contributed by atoms with Crippen LogP contribution in [-0.4, -0.2) is 5.91 Å². The van der Waals surface area contributed by atoms with E-state index in [0.29, 0.717) is 12.3 Å². The van der Waals surface area contributed by atoms with Gasteiger partial charge in [0, 0.05) is 10.9 Å². The zero-order valence-electron chi connectivity index (χ0n) is 9.37. The average Bonchev–Trinajstić information content (AvgIpc) is 3.02. The van der Waals surface area contributed by atoms with Gasteiger partial charge in [0.15, 0.2) is 0 Å². The van der Waals surface area contributed by atoms with Crippen LogP contribution in [0.4, 0.5) is 0 Å². The number of carbonyl (C=O) groups excluding carboxylic acids is 1. The maximum absolute atomic E-state index is 11.6. The van der Waals surface area contributed by atoms with Gasteiger partial charge < -0.3 is 5.32 Å². The van der Waals surface area contributed by atoms with E-state index < -0.39 is 0 Å². The van der Waals surface area contributed by atoms with Gasteiger partial charge in [-0.1, -0.05) is 28.1 Å². The van der Waals surface area contributed by atoms with E-state index in [1.807, 2.05) is 31.2 Å². The lowest BCUT2D eigenvalue weighted by atomic mass is 10.1. The van der Waals surface area contributed by atoms with E-state index in [-0.39, 0.29) is 11.9 Å². The molecule has 16 heavy (non-hydrogen) atoms. The number of halogens is 1. The molecule has 0 spiro atoms. The van der Waals surface area contributed by atoms with Crippen molar-refractivity contribution in [2.24, 2.45) is 5.92 Å². The Morgan fingerprint density at radius 3 is 2.62 bits per heavy atom. The molecule has 2 nitrogen and oxygen atoms in total. The Labute approximate surface area is 105 Å².